The number of halogens is 3. The topological polar surface area (TPSA) is 12.0 Å². The largest absolute Gasteiger partial charge is 0.381 e. The lowest BCUT2D eigenvalue weighted by molar-refractivity contribution is 0.618. The standard InChI is InChI=1S/C14H12ClF2N/c1-9-13(17)3-2-4-14(9)18-8-10-5-11(15)7-12(16)6-10/h2-7,18H,8H2,1H3. The van der Waals surface area contributed by atoms with Crippen LogP contribution in [0.15, 0.2) is 36.4 Å². The van der Waals surface area contributed by atoms with E-state index in [1.165, 1.54) is 18.2 Å². The average molecular weight is 268 g/mol. The summed E-state index contributed by atoms with van der Waals surface area (Å²) in [4.78, 5) is 0. The van der Waals surface area contributed by atoms with Crippen molar-refractivity contribution >= 4 is 17.3 Å². The third-order valence-corrected chi connectivity index (χ3v) is 2.89. The molecule has 0 aliphatic heterocycles. The van der Waals surface area contributed by atoms with Crippen molar-refractivity contribution in [1.82, 2.24) is 0 Å². The number of hydrogen-bond donors (Lipinski definition) is 1. The van der Waals surface area contributed by atoms with Crippen molar-refractivity contribution < 1.29 is 8.78 Å². The van der Waals surface area contributed by atoms with Crippen LogP contribution in [-0.4, -0.2) is 0 Å². The van der Waals surface area contributed by atoms with Crippen molar-refractivity contribution in [3.8, 4) is 0 Å². The molecule has 2 aromatic carbocycles. The van der Waals surface area contributed by atoms with Gasteiger partial charge in [0, 0.05) is 22.8 Å². The van der Waals surface area contributed by atoms with Gasteiger partial charge in [-0.1, -0.05) is 17.7 Å². The molecule has 2 aromatic rings. The van der Waals surface area contributed by atoms with E-state index < -0.39 is 0 Å². The Kier molecular flexibility index (Phi) is 3.82. The molecule has 0 radical (unpaired) electrons. The molecule has 4 heteroatoms. The molecule has 94 valence electrons. The smallest absolute Gasteiger partial charge is 0.128 e. The number of rotatable bonds is 3. The van der Waals surface area contributed by atoms with E-state index in [1.807, 2.05) is 0 Å². The zero-order chi connectivity index (χ0) is 13.1. The summed E-state index contributed by atoms with van der Waals surface area (Å²) in [5.74, 6) is -0.646. The lowest BCUT2D eigenvalue weighted by atomic mass is 10.1. The number of anilines is 1. The van der Waals surface area contributed by atoms with Crippen LogP contribution < -0.4 is 5.32 Å². The van der Waals surface area contributed by atoms with Crippen LogP contribution in [0.1, 0.15) is 11.1 Å². The molecule has 0 spiro atoms. The summed E-state index contributed by atoms with van der Waals surface area (Å²) in [6.07, 6.45) is 0. The van der Waals surface area contributed by atoms with E-state index in [0.29, 0.717) is 28.4 Å². The summed E-state index contributed by atoms with van der Waals surface area (Å²) in [6.45, 7) is 2.08. The first-order chi connectivity index (χ1) is 8.56. The molecule has 0 amide bonds. The van der Waals surface area contributed by atoms with Crippen molar-refractivity contribution in [2.24, 2.45) is 0 Å². The van der Waals surface area contributed by atoms with Gasteiger partial charge in [-0.25, -0.2) is 8.78 Å². The van der Waals surface area contributed by atoms with E-state index in [-0.39, 0.29) is 11.6 Å². The van der Waals surface area contributed by atoms with Crippen molar-refractivity contribution in [2.45, 2.75) is 13.5 Å². The highest BCUT2D eigenvalue weighted by molar-refractivity contribution is 6.30. The molecular formula is C14H12ClF2N. The lowest BCUT2D eigenvalue weighted by Gasteiger charge is -2.10. The Labute approximate surface area is 109 Å². The van der Waals surface area contributed by atoms with Gasteiger partial charge in [0.15, 0.2) is 0 Å². The van der Waals surface area contributed by atoms with Crippen LogP contribution in [0.2, 0.25) is 5.02 Å². The molecule has 0 saturated heterocycles. The maximum atomic E-state index is 13.3. The third-order valence-electron chi connectivity index (χ3n) is 2.67. The van der Waals surface area contributed by atoms with Crippen LogP contribution in [-0.2, 0) is 6.54 Å². The molecule has 0 atom stereocenters. The highest BCUT2D eigenvalue weighted by atomic mass is 35.5. The molecule has 0 saturated carbocycles. The molecule has 0 heterocycles. The maximum absolute atomic E-state index is 13.3. The third kappa shape index (κ3) is 2.99. The predicted octanol–water partition coefficient (Wildman–Crippen LogP) is 4.54. The van der Waals surface area contributed by atoms with Crippen molar-refractivity contribution in [1.29, 1.82) is 0 Å². The molecule has 18 heavy (non-hydrogen) atoms. The molecule has 1 N–H and O–H groups in total. The van der Waals surface area contributed by atoms with Crippen molar-refractivity contribution in [3.05, 3.63) is 64.2 Å². The molecule has 0 fully saturated rings. The van der Waals surface area contributed by atoms with Gasteiger partial charge in [-0.3, -0.25) is 0 Å². The summed E-state index contributed by atoms with van der Waals surface area (Å²) in [5.41, 5.74) is 1.94. The Balaban J connectivity index is 2.14. The van der Waals surface area contributed by atoms with Gasteiger partial charge in [0.2, 0.25) is 0 Å². The fraction of sp³-hybridized carbons (Fsp3) is 0.143. The minimum absolute atomic E-state index is 0.266. The molecule has 0 aliphatic carbocycles. The van der Waals surface area contributed by atoms with Crippen LogP contribution in [0, 0.1) is 18.6 Å². The second-order valence-corrected chi connectivity index (χ2v) is 4.48. The van der Waals surface area contributed by atoms with Gasteiger partial charge in [-0.05, 0) is 42.8 Å². The van der Waals surface area contributed by atoms with E-state index in [0.717, 1.165) is 0 Å². The Morgan fingerprint density at radius 3 is 2.67 bits per heavy atom. The van der Waals surface area contributed by atoms with Gasteiger partial charge >= 0.3 is 0 Å². The first-order valence-electron chi connectivity index (χ1n) is 5.50. The fourth-order valence-corrected chi connectivity index (χ4v) is 1.95. The van der Waals surface area contributed by atoms with Crippen LogP contribution in [0.3, 0.4) is 0 Å². The summed E-state index contributed by atoms with van der Waals surface area (Å²) in [6, 6.07) is 9.13. The monoisotopic (exact) mass is 267 g/mol. The highest BCUT2D eigenvalue weighted by Crippen LogP contribution is 2.19. The van der Waals surface area contributed by atoms with E-state index in [2.05, 4.69) is 5.32 Å². The summed E-state index contributed by atoms with van der Waals surface area (Å²) in [5, 5.41) is 3.41. The van der Waals surface area contributed by atoms with Crippen LogP contribution in [0.5, 0.6) is 0 Å². The minimum atomic E-state index is -0.379. The molecule has 2 rings (SSSR count). The minimum Gasteiger partial charge on any atom is -0.381 e. The molecule has 0 unspecified atom stereocenters. The van der Waals surface area contributed by atoms with Gasteiger partial charge in [-0.2, -0.15) is 0 Å². The second-order valence-electron chi connectivity index (χ2n) is 4.04. The Morgan fingerprint density at radius 1 is 1.17 bits per heavy atom. The normalized spacial score (nSPS) is 10.4. The Hall–Kier alpha value is -1.61. The number of benzene rings is 2. The fourth-order valence-electron chi connectivity index (χ4n) is 1.71. The van der Waals surface area contributed by atoms with E-state index in [9.17, 15) is 8.78 Å². The first-order valence-corrected chi connectivity index (χ1v) is 5.88. The molecular weight excluding hydrogens is 256 g/mol. The van der Waals surface area contributed by atoms with Crippen molar-refractivity contribution in [2.75, 3.05) is 5.32 Å². The predicted molar refractivity (Wildman–Crippen MR) is 69.9 cm³/mol. The average Bonchev–Trinajstić information content (AvgIpc) is 2.30. The SMILES string of the molecule is Cc1c(F)cccc1NCc1cc(F)cc(Cl)c1. The van der Waals surface area contributed by atoms with Crippen molar-refractivity contribution in [3.63, 3.8) is 0 Å². The quantitative estimate of drug-likeness (QED) is 0.861. The molecule has 0 bridgehead atoms. The van der Waals surface area contributed by atoms with Gasteiger partial charge < -0.3 is 5.32 Å². The Morgan fingerprint density at radius 2 is 1.94 bits per heavy atom. The zero-order valence-electron chi connectivity index (χ0n) is 9.81. The first kappa shape index (κ1) is 12.8. The molecule has 0 aliphatic rings. The number of hydrogen-bond acceptors (Lipinski definition) is 1. The summed E-state index contributed by atoms with van der Waals surface area (Å²) >= 11 is 5.76. The molecule has 0 aromatic heterocycles. The van der Waals surface area contributed by atoms with Gasteiger partial charge in [-0.15, -0.1) is 0 Å². The second kappa shape index (κ2) is 5.36. The van der Waals surface area contributed by atoms with Crippen LogP contribution >= 0.6 is 11.6 Å². The van der Waals surface area contributed by atoms with E-state index in [4.69, 9.17) is 11.6 Å². The van der Waals surface area contributed by atoms with Gasteiger partial charge in [0.25, 0.3) is 0 Å². The van der Waals surface area contributed by atoms with E-state index in [1.54, 1.807) is 25.1 Å². The summed E-state index contributed by atoms with van der Waals surface area (Å²) in [7, 11) is 0. The zero-order valence-corrected chi connectivity index (χ0v) is 10.6. The van der Waals surface area contributed by atoms with Gasteiger partial charge in [0.1, 0.15) is 11.6 Å². The maximum Gasteiger partial charge on any atom is 0.128 e. The Bertz CT molecular complexity index is 549. The highest BCUT2D eigenvalue weighted by Gasteiger charge is 2.04. The van der Waals surface area contributed by atoms with Gasteiger partial charge in [0.05, 0.1) is 0 Å². The summed E-state index contributed by atoms with van der Waals surface area (Å²) < 4.78 is 26.4. The lowest BCUT2D eigenvalue weighted by Crippen LogP contribution is -2.02. The molecule has 1 nitrogen and oxygen atoms in total. The van der Waals surface area contributed by atoms with Crippen LogP contribution in [0.25, 0.3) is 0 Å². The number of nitrogens with one attached hydrogen (secondary N) is 1. The van der Waals surface area contributed by atoms with E-state index >= 15 is 0 Å². The van der Waals surface area contributed by atoms with Crippen LogP contribution in [0.4, 0.5) is 14.5 Å².